The molecule has 2 heteroatoms. The van der Waals surface area contributed by atoms with Crippen LogP contribution in [0.25, 0.3) is 33.4 Å². The second kappa shape index (κ2) is 11.2. The molecule has 0 aromatic heterocycles. The fourth-order valence-electron chi connectivity index (χ4n) is 5.15. The zero-order valence-electron chi connectivity index (χ0n) is 21.9. The first-order valence-corrected chi connectivity index (χ1v) is 13.3. The largest absolute Gasteiger partial charge is 0.508 e. The van der Waals surface area contributed by atoms with Crippen LogP contribution >= 0.6 is 0 Å². The van der Waals surface area contributed by atoms with Crippen molar-refractivity contribution in [2.45, 2.75) is 0 Å². The summed E-state index contributed by atoms with van der Waals surface area (Å²) >= 11 is 0. The van der Waals surface area contributed by atoms with E-state index in [2.05, 4.69) is 97.1 Å². The van der Waals surface area contributed by atoms with E-state index in [1.54, 1.807) is 24.3 Å². The van der Waals surface area contributed by atoms with E-state index in [9.17, 15) is 10.2 Å². The fourth-order valence-corrected chi connectivity index (χ4v) is 5.15. The second-order valence-corrected chi connectivity index (χ2v) is 9.74. The van der Waals surface area contributed by atoms with Gasteiger partial charge in [-0.3, -0.25) is 0 Å². The summed E-state index contributed by atoms with van der Waals surface area (Å²) in [6.07, 6.45) is 0. The highest BCUT2D eigenvalue weighted by Crippen LogP contribution is 2.38. The number of phenolic OH excluding ortho intramolecular Hbond substituents is 2. The van der Waals surface area contributed by atoms with Crippen LogP contribution in [-0.4, -0.2) is 10.2 Å². The molecule has 6 aromatic rings. The molecule has 0 aliphatic carbocycles. The summed E-state index contributed by atoms with van der Waals surface area (Å²) in [6.45, 7) is 0. The molecule has 192 valence electrons. The van der Waals surface area contributed by atoms with Gasteiger partial charge in [-0.25, -0.2) is 0 Å². The number of aromatic hydroxyl groups is 2. The molecule has 2 nitrogen and oxygen atoms in total. The zero-order valence-corrected chi connectivity index (χ0v) is 21.9. The molecule has 6 aromatic carbocycles. The molecule has 0 aliphatic heterocycles. The van der Waals surface area contributed by atoms with E-state index < -0.39 is 0 Å². The molecule has 0 saturated carbocycles. The van der Waals surface area contributed by atoms with Crippen molar-refractivity contribution in [3.8, 4) is 33.8 Å². The minimum Gasteiger partial charge on any atom is -0.508 e. The van der Waals surface area contributed by atoms with Gasteiger partial charge in [0.05, 0.1) is 0 Å². The Balaban J connectivity index is 1.54. The van der Waals surface area contributed by atoms with E-state index in [0.717, 1.165) is 55.7 Å². The Labute approximate surface area is 234 Å². The molecule has 6 rings (SSSR count). The van der Waals surface area contributed by atoms with Gasteiger partial charge in [0.15, 0.2) is 0 Å². The molecule has 0 atom stereocenters. The SMILES string of the molecule is Oc1cccc(-c2ccc(/C(=C(\c3ccccc3)c3ccc(-c4cccc(O)c4)cc3)c3ccccc3)cc2)c1. The van der Waals surface area contributed by atoms with Gasteiger partial charge >= 0.3 is 0 Å². The number of hydrogen-bond acceptors (Lipinski definition) is 2. The lowest BCUT2D eigenvalue weighted by Crippen LogP contribution is -1.97. The lowest BCUT2D eigenvalue weighted by Gasteiger charge is -2.19. The fraction of sp³-hybridized carbons (Fsp3) is 0. The van der Waals surface area contributed by atoms with Crippen molar-refractivity contribution < 1.29 is 10.2 Å². The molecular weight excluding hydrogens is 488 g/mol. The molecule has 0 bridgehead atoms. The third kappa shape index (κ3) is 5.29. The number of hydrogen-bond donors (Lipinski definition) is 2. The van der Waals surface area contributed by atoms with Crippen molar-refractivity contribution in [3.05, 3.63) is 180 Å². The number of phenols is 2. The third-order valence-corrected chi connectivity index (χ3v) is 7.08. The molecule has 0 amide bonds. The molecule has 0 fully saturated rings. The van der Waals surface area contributed by atoms with Crippen LogP contribution in [0.1, 0.15) is 22.3 Å². The summed E-state index contributed by atoms with van der Waals surface area (Å²) in [7, 11) is 0. The monoisotopic (exact) mass is 516 g/mol. The molecule has 0 aliphatic rings. The van der Waals surface area contributed by atoms with Crippen molar-refractivity contribution >= 4 is 11.1 Å². The minimum atomic E-state index is 0.256. The van der Waals surface area contributed by atoms with Crippen LogP contribution in [-0.2, 0) is 0 Å². The number of benzene rings is 6. The molecule has 40 heavy (non-hydrogen) atoms. The topological polar surface area (TPSA) is 40.5 Å². The van der Waals surface area contributed by atoms with Gasteiger partial charge < -0.3 is 10.2 Å². The summed E-state index contributed by atoms with van der Waals surface area (Å²) in [5, 5.41) is 20.0. The lowest BCUT2D eigenvalue weighted by molar-refractivity contribution is 0.475. The zero-order chi connectivity index (χ0) is 27.3. The second-order valence-electron chi connectivity index (χ2n) is 9.74. The standard InChI is InChI=1S/C38H28O2/c39-35-15-7-13-33(25-35)27-17-21-31(22-18-27)37(29-9-3-1-4-10-29)38(30-11-5-2-6-12-30)32-23-19-28(20-24-32)34-14-8-16-36(40)26-34/h1-26,39-40H/b38-37+. The minimum absolute atomic E-state index is 0.256. The van der Waals surface area contributed by atoms with Crippen LogP contribution in [0.3, 0.4) is 0 Å². The third-order valence-electron chi connectivity index (χ3n) is 7.08. The van der Waals surface area contributed by atoms with Crippen molar-refractivity contribution in [3.63, 3.8) is 0 Å². The van der Waals surface area contributed by atoms with Crippen molar-refractivity contribution in [1.82, 2.24) is 0 Å². The molecule has 0 saturated heterocycles. The maximum absolute atomic E-state index is 9.98. The molecule has 0 heterocycles. The first kappa shape index (κ1) is 25.0. The van der Waals surface area contributed by atoms with E-state index in [4.69, 9.17) is 0 Å². The molecule has 0 spiro atoms. The van der Waals surface area contributed by atoms with Gasteiger partial charge in [0.25, 0.3) is 0 Å². The highest BCUT2D eigenvalue weighted by molar-refractivity contribution is 6.04. The van der Waals surface area contributed by atoms with Gasteiger partial charge in [-0.2, -0.15) is 0 Å². The van der Waals surface area contributed by atoms with Crippen LogP contribution in [0.15, 0.2) is 158 Å². The van der Waals surface area contributed by atoms with Crippen molar-refractivity contribution in [2.24, 2.45) is 0 Å². The molecule has 2 N–H and O–H groups in total. The Hall–Kier alpha value is -5.34. The molecule has 0 radical (unpaired) electrons. The predicted octanol–water partition coefficient (Wildman–Crippen LogP) is 9.44. The van der Waals surface area contributed by atoms with E-state index in [0.29, 0.717) is 0 Å². The first-order chi connectivity index (χ1) is 19.7. The average Bonchev–Trinajstić information content (AvgIpc) is 3.01. The molecule has 0 unspecified atom stereocenters. The normalized spacial score (nSPS) is 11.6. The smallest absolute Gasteiger partial charge is 0.116 e. The highest BCUT2D eigenvalue weighted by atomic mass is 16.3. The first-order valence-electron chi connectivity index (χ1n) is 13.3. The Kier molecular flexibility index (Phi) is 6.98. The number of rotatable bonds is 6. The summed E-state index contributed by atoms with van der Waals surface area (Å²) in [5.74, 6) is 0.513. The lowest BCUT2D eigenvalue weighted by atomic mass is 9.85. The van der Waals surface area contributed by atoms with Gasteiger partial charge in [-0.05, 0) is 79.9 Å². The Bertz CT molecular complexity index is 1630. The van der Waals surface area contributed by atoms with Gasteiger partial charge in [0.1, 0.15) is 11.5 Å². The van der Waals surface area contributed by atoms with Crippen LogP contribution in [0.4, 0.5) is 0 Å². The van der Waals surface area contributed by atoms with Crippen LogP contribution in [0.2, 0.25) is 0 Å². The van der Waals surface area contributed by atoms with Gasteiger partial charge in [0, 0.05) is 0 Å². The van der Waals surface area contributed by atoms with E-state index in [1.165, 1.54) is 0 Å². The Morgan fingerprint density at radius 1 is 0.300 bits per heavy atom. The van der Waals surface area contributed by atoms with Gasteiger partial charge in [0.2, 0.25) is 0 Å². The van der Waals surface area contributed by atoms with E-state index >= 15 is 0 Å². The maximum atomic E-state index is 9.98. The van der Waals surface area contributed by atoms with Crippen molar-refractivity contribution in [2.75, 3.05) is 0 Å². The van der Waals surface area contributed by atoms with Crippen LogP contribution < -0.4 is 0 Å². The van der Waals surface area contributed by atoms with Gasteiger partial charge in [-0.1, -0.05) is 133 Å². The van der Waals surface area contributed by atoms with E-state index in [-0.39, 0.29) is 11.5 Å². The van der Waals surface area contributed by atoms with Gasteiger partial charge in [-0.15, -0.1) is 0 Å². The van der Waals surface area contributed by atoms with Crippen LogP contribution in [0.5, 0.6) is 11.5 Å². The molecular formula is C38H28O2. The Morgan fingerprint density at radius 3 is 1.00 bits per heavy atom. The van der Waals surface area contributed by atoms with Crippen molar-refractivity contribution in [1.29, 1.82) is 0 Å². The summed E-state index contributed by atoms with van der Waals surface area (Å²) in [5.41, 5.74) is 10.8. The Morgan fingerprint density at radius 2 is 0.650 bits per heavy atom. The predicted molar refractivity (Wildman–Crippen MR) is 165 cm³/mol. The summed E-state index contributed by atoms with van der Waals surface area (Å²) in [4.78, 5) is 0. The quantitative estimate of drug-likeness (QED) is 0.216. The van der Waals surface area contributed by atoms with Crippen LogP contribution in [0, 0.1) is 0 Å². The summed E-state index contributed by atoms with van der Waals surface area (Å²) in [6, 6.07) is 52.8. The maximum Gasteiger partial charge on any atom is 0.116 e. The van der Waals surface area contributed by atoms with E-state index in [1.807, 2.05) is 36.4 Å². The highest BCUT2D eigenvalue weighted by Gasteiger charge is 2.16. The average molecular weight is 517 g/mol. The summed E-state index contributed by atoms with van der Waals surface area (Å²) < 4.78 is 0.